The van der Waals surface area contributed by atoms with E-state index < -0.39 is 77.8 Å². The van der Waals surface area contributed by atoms with Crippen molar-refractivity contribution in [1.82, 2.24) is 0 Å². The minimum atomic E-state index is -1.53. The van der Waals surface area contributed by atoms with Crippen molar-refractivity contribution in [3.8, 4) is 0 Å². The fourth-order valence-electron chi connectivity index (χ4n) is 12.6. The molecule has 5 fully saturated rings. The number of rotatable bonds is 6. The van der Waals surface area contributed by atoms with E-state index in [9.17, 15) is 35.4 Å². The summed E-state index contributed by atoms with van der Waals surface area (Å²) in [6.07, 6.45) is -1.34. The maximum absolute atomic E-state index is 13.3. The van der Waals surface area contributed by atoms with E-state index in [4.69, 9.17) is 14.2 Å². The van der Waals surface area contributed by atoms with Crippen LogP contribution < -0.4 is 0 Å². The summed E-state index contributed by atoms with van der Waals surface area (Å²) in [5.41, 5.74) is -1.11. The highest BCUT2D eigenvalue weighted by atomic mass is 16.7. The lowest BCUT2D eigenvalue weighted by Gasteiger charge is -2.72. The van der Waals surface area contributed by atoms with Crippen molar-refractivity contribution < 1.29 is 49.6 Å². The number of fused-ring (bicyclic) bond motifs is 3. The molecule has 10 heteroatoms. The molecule has 6 rings (SSSR count). The minimum Gasteiger partial charge on any atom is -0.481 e. The van der Waals surface area contributed by atoms with Gasteiger partial charge in [-0.3, -0.25) is 4.79 Å². The number of carbonyl (C=O) groups is 1. The molecule has 1 unspecified atom stereocenters. The standard InChI is InChI=1S/C37H60O10/c1-18(2)20(4)33(5)13-14-35(7)21-9-10-24-34(6)17-45-32(44)37(24,22(21)11-12-36(35,8)28(33)30(42)43)15-19(3)29(34)47-31-27(41)26(40)25(39)23(16-38)46-31/h11,18-21,23-29,31-32,38-41,44H,9-10,12-17H2,1-8H3,(H,42,43)/t19-,20-,21+,23-,24+,25-,26+,27-,28-,29+,31+,32?,33-,34-,35-,36+,37+/m1/s1. The van der Waals surface area contributed by atoms with Gasteiger partial charge in [-0.1, -0.05) is 67.0 Å². The molecular weight excluding hydrogens is 604 g/mol. The summed E-state index contributed by atoms with van der Waals surface area (Å²) in [5, 5.41) is 64.2. The van der Waals surface area contributed by atoms with E-state index in [1.165, 1.54) is 5.57 Å². The summed E-state index contributed by atoms with van der Waals surface area (Å²) in [5.74, 6) is -0.592. The van der Waals surface area contributed by atoms with Crippen molar-refractivity contribution >= 4 is 5.97 Å². The monoisotopic (exact) mass is 664 g/mol. The van der Waals surface area contributed by atoms with Gasteiger partial charge in [0.1, 0.15) is 24.4 Å². The second-order valence-corrected chi connectivity index (χ2v) is 17.8. The minimum absolute atomic E-state index is 0.00891. The lowest BCUT2D eigenvalue weighted by molar-refractivity contribution is -0.363. The van der Waals surface area contributed by atoms with E-state index in [-0.39, 0.29) is 41.1 Å². The SMILES string of the molecule is CC(C)[C@@H](C)[C@@]1(C)CC[C@]2(C)[C@H]3CC[C@H]4[C@@]5(C)COC(O)[C@@]4(C[C@@H](C)[C@@H]5O[C@@H]4O[C@H](CO)[C@@H](O)[C@H](O)[C@H]4O)C3=CC[C@@]2(C)[C@@H]1C(=O)O. The Bertz CT molecular complexity index is 1250. The van der Waals surface area contributed by atoms with Crippen LogP contribution in [0.5, 0.6) is 0 Å². The van der Waals surface area contributed by atoms with Crippen molar-refractivity contribution in [3.05, 3.63) is 11.6 Å². The predicted octanol–water partition coefficient (Wildman–Crippen LogP) is 3.71. The fourth-order valence-corrected chi connectivity index (χ4v) is 12.6. The van der Waals surface area contributed by atoms with E-state index in [2.05, 4.69) is 61.5 Å². The van der Waals surface area contributed by atoms with Crippen molar-refractivity contribution in [2.24, 2.45) is 62.6 Å². The molecule has 6 N–H and O–H groups in total. The zero-order valence-electron chi connectivity index (χ0n) is 29.6. The summed E-state index contributed by atoms with van der Waals surface area (Å²) in [6.45, 7) is 17.3. The molecule has 4 aliphatic carbocycles. The lowest BCUT2D eigenvalue weighted by atomic mass is 9.34. The average molecular weight is 665 g/mol. The Balaban J connectivity index is 1.37. The van der Waals surface area contributed by atoms with Gasteiger partial charge in [-0.15, -0.1) is 0 Å². The van der Waals surface area contributed by atoms with Crippen molar-refractivity contribution in [2.75, 3.05) is 13.2 Å². The maximum atomic E-state index is 13.3. The van der Waals surface area contributed by atoms with Gasteiger partial charge in [0, 0.05) is 10.8 Å². The van der Waals surface area contributed by atoms with E-state index >= 15 is 0 Å². The average Bonchev–Trinajstić information content (AvgIpc) is 3.01. The van der Waals surface area contributed by atoms with Crippen LogP contribution >= 0.6 is 0 Å². The van der Waals surface area contributed by atoms with Crippen molar-refractivity contribution in [1.29, 1.82) is 0 Å². The van der Waals surface area contributed by atoms with Gasteiger partial charge in [-0.05, 0) is 84.4 Å². The van der Waals surface area contributed by atoms with E-state index in [0.29, 0.717) is 18.8 Å². The van der Waals surface area contributed by atoms with E-state index in [0.717, 1.165) is 25.7 Å². The number of ether oxygens (including phenoxy) is 3. The number of carboxylic acids is 1. The van der Waals surface area contributed by atoms with Gasteiger partial charge in [0.2, 0.25) is 0 Å². The smallest absolute Gasteiger partial charge is 0.307 e. The molecule has 0 amide bonds. The third kappa shape index (κ3) is 4.68. The first kappa shape index (κ1) is 35.7. The molecule has 268 valence electrons. The van der Waals surface area contributed by atoms with Crippen LogP contribution in [0.15, 0.2) is 11.6 Å². The van der Waals surface area contributed by atoms with Gasteiger partial charge >= 0.3 is 5.97 Å². The zero-order chi connectivity index (χ0) is 34.6. The molecule has 0 aromatic rings. The van der Waals surface area contributed by atoms with E-state index in [1.54, 1.807) is 0 Å². The Morgan fingerprint density at radius 3 is 2.30 bits per heavy atom. The van der Waals surface area contributed by atoms with Crippen molar-refractivity contribution in [2.45, 2.75) is 137 Å². The molecule has 2 saturated heterocycles. The normalized spacial score (nSPS) is 54.9. The molecule has 3 saturated carbocycles. The molecule has 0 aromatic heterocycles. The van der Waals surface area contributed by atoms with Crippen LogP contribution in [0.1, 0.15) is 93.9 Å². The molecule has 10 nitrogen and oxygen atoms in total. The van der Waals surface area contributed by atoms with Crippen LogP contribution in [-0.4, -0.2) is 92.9 Å². The molecule has 0 radical (unpaired) electrons. The van der Waals surface area contributed by atoms with Gasteiger partial charge in [-0.2, -0.15) is 0 Å². The van der Waals surface area contributed by atoms with Gasteiger partial charge in [0.05, 0.1) is 25.2 Å². The van der Waals surface area contributed by atoms with Crippen molar-refractivity contribution in [3.63, 3.8) is 0 Å². The first-order valence-corrected chi connectivity index (χ1v) is 18.0. The number of hydrogen-bond acceptors (Lipinski definition) is 9. The Kier molecular flexibility index (Phi) is 8.91. The third-order valence-electron chi connectivity index (χ3n) is 15.6. The highest BCUT2D eigenvalue weighted by Crippen LogP contribution is 2.76. The summed E-state index contributed by atoms with van der Waals surface area (Å²) in [4.78, 5) is 13.3. The summed E-state index contributed by atoms with van der Waals surface area (Å²) in [6, 6.07) is 0. The fraction of sp³-hybridized carbons (Fsp3) is 0.919. The van der Waals surface area contributed by atoms with Crippen LogP contribution in [0.25, 0.3) is 0 Å². The Morgan fingerprint density at radius 2 is 1.68 bits per heavy atom. The van der Waals surface area contributed by atoms with Gasteiger partial charge in [0.25, 0.3) is 0 Å². The van der Waals surface area contributed by atoms with Gasteiger partial charge < -0.3 is 44.8 Å². The van der Waals surface area contributed by atoms with Crippen LogP contribution in [0, 0.1) is 62.6 Å². The van der Waals surface area contributed by atoms with Crippen LogP contribution in [0.3, 0.4) is 0 Å². The lowest BCUT2D eigenvalue weighted by Crippen LogP contribution is -2.71. The molecule has 0 spiro atoms. The third-order valence-corrected chi connectivity index (χ3v) is 15.6. The number of allylic oxidation sites excluding steroid dienone is 1. The number of aliphatic hydroxyl groups is 5. The summed E-state index contributed by atoms with van der Waals surface area (Å²) >= 11 is 0. The Labute approximate surface area is 279 Å². The molecule has 0 aromatic carbocycles. The number of aliphatic hydroxyl groups excluding tert-OH is 5. The number of aliphatic carboxylic acids is 1. The number of carboxylic acid groups (broad SMARTS) is 1. The summed E-state index contributed by atoms with van der Waals surface area (Å²) < 4.78 is 18.6. The Morgan fingerprint density at radius 1 is 1.00 bits per heavy atom. The second-order valence-electron chi connectivity index (χ2n) is 17.8. The molecule has 6 aliphatic rings. The first-order valence-electron chi connectivity index (χ1n) is 18.0. The highest BCUT2D eigenvalue weighted by Gasteiger charge is 2.73. The topological polar surface area (TPSA) is 166 Å². The number of hydrogen-bond donors (Lipinski definition) is 6. The molecule has 2 heterocycles. The Hall–Kier alpha value is -1.11. The molecule has 17 atom stereocenters. The van der Waals surface area contributed by atoms with Crippen LogP contribution in [0.2, 0.25) is 0 Å². The van der Waals surface area contributed by atoms with Gasteiger partial charge in [0.15, 0.2) is 12.6 Å². The maximum Gasteiger partial charge on any atom is 0.307 e. The van der Waals surface area contributed by atoms with Crippen LogP contribution in [-0.2, 0) is 19.0 Å². The first-order chi connectivity index (χ1) is 21.8. The largest absolute Gasteiger partial charge is 0.481 e. The highest BCUT2D eigenvalue weighted by molar-refractivity contribution is 5.73. The molecule has 2 bridgehead atoms. The van der Waals surface area contributed by atoms with Gasteiger partial charge in [-0.25, -0.2) is 0 Å². The quantitative estimate of drug-likeness (QED) is 0.182. The zero-order valence-corrected chi connectivity index (χ0v) is 29.6. The molecular formula is C37H60O10. The second kappa shape index (κ2) is 11.7. The van der Waals surface area contributed by atoms with E-state index in [1.807, 2.05) is 0 Å². The molecule has 47 heavy (non-hydrogen) atoms. The predicted molar refractivity (Wildman–Crippen MR) is 173 cm³/mol. The van der Waals surface area contributed by atoms with Crippen LogP contribution in [0.4, 0.5) is 0 Å². The molecule has 2 aliphatic heterocycles. The summed E-state index contributed by atoms with van der Waals surface area (Å²) in [7, 11) is 0.